The highest BCUT2D eigenvalue weighted by Gasteiger charge is 2.20. The summed E-state index contributed by atoms with van der Waals surface area (Å²) in [6, 6.07) is 8.00. The highest BCUT2D eigenvalue weighted by molar-refractivity contribution is 5.92. The van der Waals surface area contributed by atoms with Crippen molar-refractivity contribution < 1.29 is 14.3 Å². The van der Waals surface area contributed by atoms with Crippen LogP contribution in [0.1, 0.15) is 21.7 Å². The molecule has 0 fully saturated rings. The Balaban J connectivity index is 2.17. The number of nitrogens with zero attached hydrogens (tertiary/aromatic N) is 3. The topological polar surface area (TPSA) is 68.0 Å². The van der Waals surface area contributed by atoms with Gasteiger partial charge in [-0.3, -0.25) is 0 Å². The van der Waals surface area contributed by atoms with Gasteiger partial charge in [0.05, 0.1) is 17.8 Å². The molecule has 6 heteroatoms. The van der Waals surface area contributed by atoms with E-state index in [2.05, 4.69) is 9.97 Å². The smallest absolute Gasteiger partial charge is 0.337 e. The summed E-state index contributed by atoms with van der Waals surface area (Å²) >= 11 is 0. The molecule has 23 heavy (non-hydrogen) atoms. The fraction of sp³-hybridized carbons (Fsp3) is 0.118. The lowest BCUT2D eigenvalue weighted by Crippen LogP contribution is -2.05. The Kier molecular flexibility index (Phi) is 3.89. The molecule has 0 radical (unpaired) electrons. The summed E-state index contributed by atoms with van der Waals surface area (Å²) in [6.07, 6.45) is 4.72. The zero-order valence-corrected chi connectivity index (χ0v) is 12.4. The number of hydrogen-bond acceptors (Lipinski definition) is 3. The monoisotopic (exact) mass is 311 g/mol. The molecule has 1 N–H and O–H groups in total. The van der Waals surface area contributed by atoms with Crippen LogP contribution in [-0.4, -0.2) is 25.6 Å². The Morgan fingerprint density at radius 1 is 1.22 bits per heavy atom. The molecule has 0 atom stereocenters. The van der Waals surface area contributed by atoms with Crippen molar-refractivity contribution in [2.75, 3.05) is 0 Å². The first-order chi connectivity index (χ1) is 11.1. The highest BCUT2D eigenvalue weighted by atomic mass is 19.1. The fourth-order valence-electron chi connectivity index (χ4n) is 2.57. The minimum atomic E-state index is -1.05. The second kappa shape index (κ2) is 6.00. The van der Waals surface area contributed by atoms with Crippen LogP contribution in [0.3, 0.4) is 0 Å². The molecule has 0 unspecified atom stereocenters. The molecule has 0 amide bonds. The SMILES string of the molecule is Cc1c(C(=O)O)cn(Cc2ncccn2)c1-c1ccccc1F. The number of hydrogen-bond donors (Lipinski definition) is 1. The lowest BCUT2D eigenvalue weighted by Gasteiger charge is -2.10. The van der Waals surface area contributed by atoms with E-state index >= 15 is 0 Å². The van der Waals surface area contributed by atoms with Crippen molar-refractivity contribution in [3.8, 4) is 11.3 Å². The van der Waals surface area contributed by atoms with Crippen LogP contribution in [-0.2, 0) is 6.54 Å². The zero-order valence-electron chi connectivity index (χ0n) is 12.4. The van der Waals surface area contributed by atoms with Gasteiger partial charge in [0.2, 0.25) is 0 Å². The fourth-order valence-corrected chi connectivity index (χ4v) is 2.57. The third-order valence-corrected chi connectivity index (χ3v) is 3.62. The number of carboxylic acids is 1. The molecule has 5 nitrogen and oxygen atoms in total. The third kappa shape index (κ3) is 2.83. The van der Waals surface area contributed by atoms with Gasteiger partial charge in [-0.15, -0.1) is 0 Å². The zero-order chi connectivity index (χ0) is 16.4. The van der Waals surface area contributed by atoms with E-state index in [1.54, 1.807) is 48.1 Å². The van der Waals surface area contributed by atoms with Crippen molar-refractivity contribution in [1.82, 2.24) is 14.5 Å². The summed E-state index contributed by atoms with van der Waals surface area (Å²) in [5.74, 6) is -0.925. The van der Waals surface area contributed by atoms with Crippen LogP contribution < -0.4 is 0 Å². The molecule has 0 saturated carbocycles. The minimum Gasteiger partial charge on any atom is -0.478 e. The Labute approximate surface area is 132 Å². The molecule has 2 heterocycles. The van der Waals surface area contributed by atoms with E-state index in [1.807, 2.05) is 0 Å². The van der Waals surface area contributed by atoms with Gasteiger partial charge in [0.25, 0.3) is 0 Å². The first-order valence-electron chi connectivity index (χ1n) is 7.01. The minimum absolute atomic E-state index is 0.138. The third-order valence-electron chi connectivity index (χ3n) is 3.62. The van der Waals surface area contributed by atoms with Crippen LogP contribution in [0.5, 0.6) is 0 Å². The summed E-state index contributed by atoms with van der Waals surface area (Å²) in [6.45, 7) is 1.94. The maximum atomic E-state index is 14.2. The van der Waals surface area contributed by atoms with Crippen LogP contribution in [0, 0.1) is 12.7 Å². The summed E-state index contributed by atoms with van der Waals surface area (Å²) in [5, 5.41) is 9.35. The van der Waals surface area contributed by atoms with E-state index in [0.717, 1.165) is 0 Å². The van der Waals surface area contributed by atoms with Crippen molar-refractivity contribution in [3.05, 3.63) is 71.7 Å². The average Bonchev–Trinajstić information content (AvgIpc) is 2.86. The molecule has 0 aliphatic rings. The van der Waals surface area contributed by atoms with Crippen molar-refractivity contribution in [2.24, 2.45) is 0 Å². The molecule has 0 aliphatic heterocycles. The van der Waals surface area contributed by atoms with Gasteiger partial charge in [0.15, 0.2) is 0 Å². The van der Waals surface area contributed by atoms with Crippen LogP contribution in [0.4, 0.5) is 4.39 Å². The van der Waals surface area contributed by atoms with Crippen LogP contribution in [0.2, 0.25) is 0 Å². The second-order valence-electron chi connectivity index (χ2n) is 5.09. The first-order valence-corrected chi connectivity index (χ1v) is 7.01. The van der Waals surface area contributed by atoms with Gasteiger partial charge in [-0.2, -0.15) is 0 Å². The largest absolute Gasteiger partial charge is 0.478 e. The molecule has 116 valence electrons. The molecule has 3 rings (SSSR count). The number of carboxylic acid groups (broad SMARTS) is 1. The molecule has 3 aromatic rings. The van der Waals surface area contributed by atoms with Crippen LogP contribution >= 0.6 is 0 Å². The molecular formula is C17H14FN3O2. The molecule has 2 aromatic heterocycles. The Morgan fingerprint density at radius 3 is 2.57 bits per heavy atom. The number of halogens is 1. The van der Waals surface area contributed by atoms with Gasteiger partial charge < -0.3 is 9.67 Å². The van der Waals surface area contributed by atoms with Gasteiger partial charge in [-0.1, -0.05) is 12.1 Å². The Morgan fingerprint density at radius 2 is 1.91 bits per heavy atom. The van der Waals surface area contributed by atoms with Crippen molar-refractivity contribution in [2.45, 2.75) is 13.5 Å². The first kappa shape index (κ1) is 14.9. The van der Waals surface area contributed by atoms with Gasteiger partial charge in [-0.25, -0.2) is 19.2 Å². The highest BCUT2D eigenvalue weighted by Crippen LogP contribution is 2.30. The number of rotatable bonds is 4. The van der Waals surface area contributed by atoms with Gasteiger partial charge in [0.1, 0.15) is 11.6 Å². The van der Waals surface area contributed by atoms with Crippen molar-refractivity contribution in [1.29, 1.82) is 0 Å². The summed E-state index contributed by atoms with van der Waals surface area (Å²) in [5.41, 5.74) is 1.53. The maximum absolute atomic E-state index is 14.2. The summed E-state index contributed by atoms with van der Waals surface area (Å²) in [7, 11) is 0. The predicted molar refractivity (Wildman–Crippen MR) is 82.7 cm³/mol. The second-order valence-corrected chi connectivity index (χ2v) is 5.09. The Hall–Kier alpha value is -3.02. The molecule has 0 bridgehead atoms. The van der Waals surface area contributed by atoms with E-state index in [0.29, 0.717) is 22.6 Å². The number of carbonyl (C=O) groups is 1. The molecule has 0 spiro atoms. The van der Waals surface area contributed by atoms with Gasteiger partial charge >= 0.3 is 5.97 Å². The lowest BCUT2D eigenvalue weighted by atomic mass is 10.1. The maximum Gasteiger partial charge on any atom is 0.337 e. The number of aromatic carboxylic acids is 1. The standard InChI is InChI=1S/C17H14FN3O2/c1-11-13(17(22)23)9-21(10-15-19-7-4-8-20-15)16(11)12-5-2-3-6-14(12)18/h2-9H,10H2,1H3,(H,22,23). The summed E-state index contributed by atoms with van der Waals surface area (Å²) < 4.78 is 15.9. The molecule has 0 saturated heterocycles. The Bertz CT molecular complexity index is 860. The predicted octanol–water partition coefficient (Wildman–Crippen LogP) is 3.14. The quantitative estimate of drug-likeness (QED) is 0.803. The van der Waals surface area contributed by atoms with E-state index < -0.39 is 11.8 Å². The molecular weight excluding hydrogens is 297 g/mol. The molecule has 1 aromatic carbocycles. The lowest BCUT2D eigenvalue weighted by molar-refractivity contribution is 0.0696. The average molecular weight is 311 g/mol. The van der Waals surface area contributed by atoms with E-state index in [-0.39, 0.29) is 12.1 Å². The number of benzene rings is 1. The van der Waals surface area contributed by atoms with E-state index in [9.17, 15) is 14.3 Å². The number of aromatic nitrogens is 3. The van der Waals surface area contributed by atoms with E-state index in [4.69, 9.17) is 0 Å². The summed E-state index contributed by atoms with van der Waals surface area (Å²) in [4.78, 5) is 19.7. The van der Waals surface area contributed by atoms with Gasteiger partial charge in [0, 0.05) is 24.2 Å². The molecule has 0 aliphatic carbocycles. The van der Waals surface area contributed by atoms with Crippen LogP contribution in [0.15, 0.2) is 48.9 Å². The van der Waals surface area contributed by atoms with E-state index in [1.165, 1.54) is 12.3 Å². The van der Waals surface area contributed by atoms with Gasteiger partial charge in [-0.05, 0) is 30.7 Å². The van der Waals surface area contributed by atoms with Crippen molar-refractivity contribution in [3.63, 3.8) is 0 Å². The van der Waals surface area contributed by atoms with Crippen molar-refractivity contribution >= 4 is 5.97 Å². The van der Waals surface area contributed by atoms with Crippen LogP contribution in [0.25, 0.3) is 11.3 Å². The normalized spacial score (nSPS) is 10.7.